The van der Waals surface area contributed by atoms with E-state index < -0.39 is 0 Å². The van der Waals surface area contributed by atoms with E-state index in [1.165, 1.54) is 19.3 Å². The van der Waals surface area contributed by atoms with Crippen LogP contribution in [-0.2, 0) is 4.79 Å². The first-order chi connectivity index (χ1) is 11.6. The van der Waals surface area contributed by atoms with Crippen molar-refractivity contribution in [2.24, 2.45) is 5.92 Å². The van der Waals surface area contributed by atoms with E-state index in [2.05, 4.69) is 34.8 Å². The molecule has 1 N–H and O–H groups in total. The standard InChI is InChI=1S/C19H27IN2O2/c1-2-3-4-5-11-21-18(23)16-9-7-12-22(14-16)19(24)15-8-6-10-17(20)13-15/h6,8,10,13,16H,2-5,7,9,11-12,14H2,1H3,(H,21,23). The van der Waals surface area contributed by atoms with Crippen molar-refractivity contribution in [3.63, 3.8) is 0 Å². The Morgan fingerprint density at radius 1 is 1.29 bits per heavy atom. The number of halogens is 1. The van der Waals surface area contributed by atoms with E-state index in [0.717, 1.165) is 35.9 Å². The van der Waals surface area contributed by atoms with E-state index in [0.29, 0.717) is 12.1 Å². The van der Waals surface area contributed by atoms with Crippen molar-refractivity contribution in [2.75, 3.05) is 19.6 Å². The van der Waals surface area contributed by atoms with Gasteiger partial charge in [-0.1, -0.05) is 32.3 Å². The van der Waals surface area contributed by atoms with Crippen LogP contribution in [0.1, 0.15) is 55.8 Å². The quantitative estimate of drug-likeness (QED) is 0.516. The predicted octanol–water partition coefficient (Wildman–Crippen LogP) is 3.84. The number of nitrogens with one attached hydrogen (secondary N) is 1. The molecule has 1 aromatic carbocycles. The molecule has 0 radical (unpaired) electrons. The Morgan fingerprint density at radius 2 is 2.12 bits per heavy atom. The van der Waals surface area contributed by atoms with Crippen LogP contribution in [0.2, 0.25) is 0 Å². The lowest BCUT2D eigenvalue weighted by atomic mass is 9.96. The van der Waals surface area contributed by atoms with E-state index in [-0.39, 0.29) is 17.7 Å². The van der Waals surface area contributed by atoms with E-state index in [9.17, 15) is 9.59 Å². The van der Waals surface area contributed by atoms with Crippen LogP contribution in [0.3, 0.4) is 0 Å². The lowest BCUT2D eigenvalue weighted by molar-refractivity contribution is -0.126. The van der Waals surface area contributed by atoms with Crippen molar-refractivity contribution in [1.82, 2.24) is 10.2 Å². The molecule has 1 aliphatic rings. The molecule has 0 spiro atoms. The minimum atomic E-state index is -0.0725. The molecular weight excluding hydrogens is 415 g/mol. The van der Waals surface area contributed by atoms with E-state index in [4.69, 9.17) is 0 Å². The Bertz CT molecular complexity index is 562. The Kier molecular flexibility index (Phi) is 8.02. The fourth-order valence-electron chi connectivity index (χ4n) is 3.09. The molecule has 2 amide bonds. The maximum Gasteiger partial charge on any atom is 0.253 e. The second kappa shape index (κ2) is 10.0. The van der Waals surface area contributed by atoms with Crippen LogP contribution in [0.4, 0.5) is 0 Å². The van der Waals surface area contributed by atoms with Gasteiger partial charge in [0, 0.05) is 28.8 Å². The predicted molar refractivity (Wildman–Crippen MR) is 105 cm³/mol. The molecule has 0 aromatic heterocycles. The van der Waals surface area contributed by atoms with E-state index in [1.807, 2.05) is 29.2 Å². The van der Waals surface area contributed by atoms with Gasteiger partial charge in [-0.15, -0.1) is 0 Å². The topological polar surface area (TPSA) is 49.4 Å². The summed E-state index contributed by atoms with van der Waals surface area (Å²) in [5.41, 5.74) is 0.711. The number of rotatable bonds is 7. The molecule has 1 unspecified atom stereocenters. The molecule has 0 bridgehead atoms. The van der Waals surface area contributed by atoms with Gasteiger partial charge < -0.3 is 10.2 Å². The van der Waals surface area contributed by atoms with Gasteiger partial charge in [0.05, 0.1) is 5.92 Å². The van der Waals surface area contributed by atoms with Crippen LogP contribution < -0.4 is 5.32 Å². The van der Waals surface area contributed by atoms with Crippen molar-refractivity contribution in [3.05, 3.63) is 33.4 Å². The molecule has 1 aromatic rings. The Labute approximate surface area is 158 Å². The van der Waals surface area contributed by atoms with Gasteiger partial charge in [0.25, 0.3) is 5.91 Å². The summed E-state index contributed by atoms with van der Waals surface area (Å²) in [6.45, 7) is 4.20. The average molecular weight is 442 g/mol. The van der Waals surface area contributed by atoms with Crippen molar-refractivity contribution in [1.29, 1.82) is 0 Å². The summed E-state index contributed by atoms with van der Waals surface area (Å²) in [7, 11) is 0. The number of nitrogens with zero attached hydrogens (tertiary/aromatic N) is 1. The number of hydrogen-bond acceptors (Lipinski definition) is 2. The van der Waals surface area contributed by atoms with E-state index in [1.54, 1.807) is 0 Å². The van der Waals surface area contributed by atoms with Crippen LogP contribution in [0.25, 0.3) is 0 Å². The minimum Gasteiger partial charge on any atom is -0.356 e. The maximum atomic E-state index is 12.6. The Morgan fingerprint density at radius 3 is 2.88 bits per heavy atom. The highest BCUT2D eigenvalue weighted by Gasteiger charge is 2.28. The Balaban J connectivity index is 1.84. The molecule has 1 fully saturated rings. The number of amides is 2. The minimum absolute atomic E-state index is 0.0361. The van der Waals surface area contributed by atoms with Gasteiger partial charge in [-0.05, 0) is 60.1 Å². The second-order valence-corrected chi connectivity index (χ2v) is 7.70. The first kappa shape index (κ1) is 19.2. The van der Waals surface area contributed by atoms with Crippen molar-refractivity contribution < 1.29 is 9.59 Å². The summed E-state index contributed by atoms with van der Waals surface area (Å²) in [5, 5.41) is 3.04. The number of piperidine rings is 1. The number of carbonyl (C=O) groups is 2. The van der Waals surface area contributed by atoms with Crippen LogP contribution in [0.15, 0.2) is 24.3 Å². The molecule has 1 atom stereocenters. The van der Waals surface area contributed by atoms with Crippen molar-refractivity contribution >= 4 is 34.4 Å². The largest absolute Gasteiger partial charge is 0.356 e. The third-order valence-corrected chi connectivity index (χ3v) is 5.15. The lowest BCUT2D eigenvalue weighted by Crippen LogP contribution is -2.45. The number of likely N-dealkylation sites (tertiary alicyclic amines) is 1. The van der Waals surface area contributed by atoms with Gasteiger partial charge in [-0.3, -0.25) is 9.59 Å². The monoisotopic (exact) mass is 442 g/mol. The van der Waals surface area contributed by atoms with Gasteiger partial charge in [0.2, 0.25) is 5.91 Å². The molecule has 1 saturated heterocycles. The molecular formula is C19H27IN2O2. The molecule has 4 nitrogen and oxygen atoms in total. The highest BCUT2D eigenvalue weighted by atomic mass is 127. The SMILES string of the molecule is CCCCCCNC(=O)C1CCCN(C(=O)c2cccc(I)c2)C1. The van der Waals surface area contributed by atoms with Gasteiger partial charge in [-0.25, -0.2) is 0 Å². The second-order valence-electron chi connectivity index (χ2n) is 6.45. The summed E-state index contributed by atoms with van der Waals surface area (Å²) in [5.74, 6) is 0.0669. The molecule has 5 heteroatoms. The number of benzene rings is 1. The molecule has 0 aliphatic carbocycles. The molecule has 1 aliphatic heterocycles. The normalized spacial score (nSPS) is 17.6. The third kappa shape index (κ3) is 5.76. The van der Waals surface area contributed by atoms with Gasteiger partial charge in [0.15, 0.2) is 0 Å². The molecule has 132 valence electrons. The average Bonchev–Trinajstić information content (AvgIpc) is 2.61. The molecule has 24 heavy (non-hydrogen) atoms. The number of carbonyl (C=O) groups excluding carboxylic acids is 2. The first-order valence-electron chi connectivity index (χ1n) is 8.94. The zero-order valence-electron chi connectivity index (χ0n) is 14.4. The first-order valence-corrected chi connectivity index (χ1v) is 10.0. The number of unbranched alkanes of at least 4 members (excludes halogenated alkanes) is 3. The summed E-state index contributed by atoms with van der Waals surface area (Å²) in [4.78, 5) is 26.8. The molecule has 0 saturated carbocycles. The summed E-state index contributed by atoms with van der Waals surface area (Å²) in [6, 6.07) is 7.63. The third-order valence-electron chi connectivity index (χ3n) is 4.48. The fraction of sp³-hybridized carbons (Fsp3) is 0.579. The fourth-order valence-corrected chi connectivity index (χ4v) is 3.63. The zero-order valence-corrected chi connectivity index (χ0v) is 16.5. The van der Waals surface area contributed by atoms with Crippen molar-refractivity contribution in [3.8, 4) is 0 Å². The van der Waals surface area contributed by atoms with Crippen LogP contribution in [0, 0.1) is 9.49 Å². The molecule has 2 rings (SSSR count). The summed E-state index contributed by atoms with van der Waals surface area (Å²) < 4.78 is 1.05. The smallest absolute Gasteiger partial charge is 0.253 e. The van der Waals surface area contributed by atoms with Gasteiger partial charge in [0.1, 0.15) is 0 Å². The number of hydrogen-bond donors (Lipinski definition) is 1. The maximum absolute atomic E-state index is 12.6. The lowest BCUT2D eigenvalue weighted by Gasteiger charge is -2.32. The van der Waals surface area contributed by atoms with E-state index >= 15 is 0 Å². The van der Waals surface area contributed by atoms with Crippen LogP contribution in [0.5, 0.6) is 0 Å². The Hall–Kier alpha value is -1.11. The highest BCUT2D eigenvalue weighted by molar-refractivity contribution is 14.1. The van der Waals surface area contributed by atoms with Gasteiger partial charge in [-0.2, -0.15) is 0 Å². The summed E-state index contributed by atoms with van der Waals surface area (Å²) in [6.07, 6.45) is 6.39. The highest BCUT2D eigenvalue weighted by Crippen LogP contribution is 2.19. The summed E-state index contributed by atoms with van der Waals surface area (Å²) >= 11 is 2.21. The zero-order chi connectivity index (χ0) is 17.4. The van der Waals surface area contributed by atoms with Crippen LogP contribution in [-0.4, -0.2) is 36.3 Å². The van der Waals surface area contributed by atoms with Crippen LogP contribution >= 0.6 is 22.6 Å². The van der Waals surface area contributed by atoms with Gasteiger partial charge >= 0.3 is 0 Å². The molecule has 1 heterocycles. The van der Waals surface area contributed by atoms with Crippen molar-refractivity contribution in [2.45, 2.75) is 45.4 Å².